The predicted octanol–water partition coefficient (Wildman–Crippen LogP) is 14.8. The van der Waals surface area contributed by atoms with Crippen molar-refractivity contribution in [3.8, 4) is 101 Å². The average molecular weight is 778 g/mol. The fraction of sp³-hybridized carbons (Fsp3) is 0.0172. The third-order valence-corrected chi connectivity index (χ3v) is 11.8. The second-order valence-corrected chi connectivity index (χ2v) is 15.6. The topological polar surface area (TPSA) is 38.7 Å². The molecule has 1 aliphatic rings. The third kappa shape index (κ3) is 7.03. The molecule has 61 heavy (non-hydrogen) atoms. The second-order valence-electron chi connectivity index (χ2n) is 15.6. The van der Waals surface area contributed by atoms with Gasteiger partial charge < -0.3 is 0 Å². The fourth-order valence-electron chi connectivity index (χ4n) is 8.76. The molecule has 0 saturated heterocycles. The van der Waals surface area contributed by atoms with E-state index in [9.17, 15) is 0 Å². The SMILES string of the molecule is c1ccc(-c2ccc(-c3cccc(-c4cccc5c4Cc4c(-c6nc(-c7cccc(-c8ccccc8)c7)nc(-c7cccc(-c8ccccc8)c7)n6)cccc4-5)c3)cc2)cc1. The van der Waals surface area contributed by atoms with E-state index in [2.05, 4.69) is 212 Å². The smallest absolute Gasteiger partial charge is 0.164 e. The molecule has 286 valence electrons. The maximum Gasteiger partial charge on any atom is 0.164 e. The normalized spacial score (nSPS) is 11.5. The van der Waals surface area contributed by atoms with Crippen molar-refractivity contribution in [1.29, 1.82) is 0 Å². The minimum atomic E-state index is 0.644. The van der Waals surface area contributed by atoms with Crippen LogP contribution < -0.4 is 0 Å². The van der Waals surface area contributed by atoms with Gasteiger partial charge in [0, 0.05) is 23.1 Å². The molecular formula is C58H39N3. The van der Waals surface area contributed by atoms with E-state index in [4.69, 9.17) is 15.0 Å². The minimum Gasteiger partial charge on any atom is -0.208 e. The molecule has 1 aliphatic carbocycles. The Morgan fingerprint density at radius 1 is 0.213 bits per heavy atom. The monoisotopic (exact) mass is 777 g/mol. The van der Waals surface area contributed by atoms with Gasteiger partial charge in [-0.1, -0.05) is 206 Å². The summed E-state index contributed by atoms with van der Waals surface area (Å²) < 4.78 is 0. The standard InChI is InChI=1S/C58H39N3/c1-4-15-39(16-5-1)42-31-33-43(34-32-42)44-21-10-24-47(35-44)50-27-13-28-51-52-29-14-30-53(55(52)38-54(50)51)58-60-56(48-25-11-22-45(36-48)40-17-6-2-7-18-40)59-57(61-58)49-26-12-23-46(37-49)41-19-8-3-9-20-41/h1-37H,38H2. The number of hydrogen-bond donors (Lipinski definition) is 0. The Morgan fingerprint density at radius 3 is 1.03 bits per heavy atom. The van der Waals surface area contributed by atoms with Crippen molar-refractivity contribution in [3.05, 3.63) is 236 Å². The molecule has 0 amide bonds. The van der Waals surface area contributed by atoms with Gasteiger partial charge in [-0.25, -0.2) is 15.0 Å². The fourth-order valence-corrected chi connectivity index (χ4v) is 8.76. The van der Waals surface area contributed by atoms with Crippen LogP contribution in [0.3, 0.4) is 0 Å². The molecule has 0 unspecified atom stereocenters. The highest BCUT2D eigenvalue weighted by molar-refractivity contribution is 5.90. The van der Waals surface area contributed by atoms with Crippen molar-refractivity contribution in [2.45, 2.75) is 6.42 Å². The van der Waals surface area contributed by atoms with Gasteiger partial charge in [0.1, 0.15) is 0 Å². The van der Waals surface area contributed by atoms with Crippen molar-refractivity contribution in [1.82, 2.24) is 15.0 Å². The van der Waals surface area contributed by atoms with E-state index in [0.717, 1.165) is 45.4 Å². The summed E-state index contributed by atoms with van der Waals surface area (Å²) in [5.74, 6) is 1.96. The summed E-state index contributed by atoms with van der Waals surface area (Å²) in [7, 11) is 0. The summed E-state index contributed by atoms with van der Waals surface area (Å²) in [4.78, 5) is 15.8. The van der Waals surface area contributed by atoms with Crippen molar-refractivity contribution in [2.24, 2.45) is 0 Å². The lowest BCUT2D eigenvalue weighted by molar-refractivity contribution is 1.07. The van der Waals surface area contributed by atoms with E-state index in [1.54, 1.807) is 0 Å². The van der Waals surface area contributed by atoms with E-state index in [-0.39, 0.29) is 0 Å². The van der Waals surface area contributed by atoms with Crippen LogP contribution in [0.25, 0.3) is 101 Å². The Morgan fingerprint density at radius 2 is 0.525 bits per heavy atom. The molecule has 0 atom stereocenters. The van der Waals surface area contributed by atoms with Gasteiger partial charge in [0.25, 0.3) is 0 Å². The molecule has 0 spiro atoms. The van der Waals surface area contributed by atoms with Crippen LogP contribution in [-0.2, 0) is 6.42 Å². The lowest BCUT2D eigenvalue weighted by atomic mass is 9.93. The van der Waals surface area contributed by atoms with Gasteiger partial charge >= 0.3 is 0 Å². The molecule has 0 N–H and O–H groups in total. The quantitative estimate of drug-likeness (QED) is 0.154. The molecule has 0 aliphatic heterocycles. The predicted molar refractivity (Wildman–Crippen MR) is 252 cm³/mol. The zero-order valence-corrected chi connectivity index (χ0v) is 33.4. The number of aromatic nitrogens is 3. The summed E-state index contributed by atoms with van der Waals surface area (Å²) >= 11 is 0. The van der Waals surface area contributed by atoms with Crippen LogP contribution in [0, 0.1) is 0 Å². The Balaban J connectivity index is 0.993. The number of fused-ring (bicyclic) bond motifs is 3. The largest absolute Gasteiger partial charge is 0.208 e. The van der Waals surface area contributed by atoms with E-state index >= 15 is 0 Å². The summed E-state index contributed by atoms with van der Waals surface area (Å²) in [6.45, 7) is 0. The number of nitrogens with zero attached hydrogens (tertiary/aromatic N) is 3. The van der Waals surface area contributed by atoms with Crippen LogP contribution in [0.1, 0.15) is 11.1 Å². The summed E-state index contributed by atoms with van der Waals surface area (Å²) in [5.41, 5.74) is 19.8. The van der Waals surface area contributed by atoms with Gasteiger partial charge in [-0.3, -0.25) is 0 Å². The Labute approximate surface area is 356 Å². The van der Waals surface area contributed by atoms with E-state index in [0.29, 0.717) is 17.5 Å². The third-order valence-electron chi connectivity index (χ3n) is 11.8. The highest BCUT2D eigenvalue weighted by atomic mass is 15.0. The highest BCUT2D eigenvalue weighted by Gasteiger charge is 2.26. The highest BCUT2D eigenvalue weighted by Crippen LogP contribution is 2.45. The zero-order valence-electron chi connectivity index (χ0n) is 33.4. The van der Waals surface area contributed by atoms with Crippen LogP contribution in [0.2, 0.25) is 0 Å². The Kier molecular flexibility index (Phi) is 9.25. The van der Waals surface area contributed by atoms with E-state index in [1.807, 2.05) is 12.1 Å². The molecule has 10 aromatic rings. The first-order valence-corrected chi connectivity index (χ1v) is 20.8. The van der Waals surface area contributed by atoms with Crippen LogP contribution in [0.5, 0.6) is 0 Å². The summed E-state index contributed by atoms with van der Waals surface area (Å²) in [6.07, 6.45) is 0.774. The van der Waals surface area contributed by atoms with E-state index in [1.165, 1.54) is 55.6 Å². The molecule has 1 heterocycles. The molecule has 11 rings (SSSR count). The molecule has 0 fully saturated rings. The Bertz CT molecular complexity index is 3090. The van der Waals surface area contributed by atoms with Crippen LogP contribution in [0.15, 0.2) is 224 Å². The summed E-state index contributed by atoms with van der Waals surface area (Å²) in [5, 5.41) is 0. The molecule has 0 radical (unpaired) electrons. The van der Waals surface area contributed by atoms with E-state index < -0.39 is 0 Å². The number of hydrogen-bond acceptors (Lipinski definition) is 3. The van der Waals surface area contributed by atoms with Crippen molar-refractivity contribution < 1.29 is 0 Å². The lowest BCUT2D eigenvalue weighted by Crippen LogP contribution is -2.02. The number of benzene rings is 9. The first-order valence-electron chi connectivity index (χ1n) is 20.8. The minimum absolute atomic E-state index is 0.644. The van der Waals surface area contributed by atoms with Gasteiger partial charge in [-0.2, -0.15) is 0 Å². The van der Waals surface area contributed by atoms with Crippen LogP contribution in [0.4, 0.5) is 0 Å². The maximum absolute atomic E-state index is 5.28. The molecule has 9 aromatic carbocycles. The maximum atomic E-state index is 5.28. The first-order chi connectivity index (χ1) is 30.2. The van der Waals surface area contributed by atoms with Gasteiger partial charge in [0.2, 0.25) is 0 Å². The molecular weight excluding hydrogens is 739 g/mol. The van der Waals surface area contributed by atoms with Gasteiger partial charge in [0.15, 0.2) is 17.5 Å². The molecule has 0 bridgehead atoms. The van der Waals surface area contributed by atoms with Crippen LogP contribution in [-0.4, -0.2) is 15.0 Å². The molecule has 1 aromatic heterocycles. The van der Waals surface area contributed by atoms with Gasteiger partial charge in [-0.15, -0.1) is 0 Å². The van der Waals surface area contributed by atoms with Crippen molar-refractivity contribution in [2.75, 3.05) is 0 Å². The first kappa shape index (κ1) is 36.1. The van der Waals surface area contributed by atoms with Gasteiger partial charge in [0.05, 0.1) is 0 Å². The van der Waals surface area contributed by atoms with Crippen molar-refractivity contribution in [3.63, 3.8) is 0 Å². The van der Waals surface area contributed by atoms with Crippen LogP contribution >= 0.6 is 0 Å². The van der Waals surface area contributed by atoms with Crippen molar-refractivity contribution >= 4 is 0 Å². The average Bonchev–Trinajstić information content (AvgIpc) is 3.74. The Hall–Kier alpha value is -8.01. The number of rotatable bonds is 8. The lowest BCUT2D eigenvalue weighted by Gasteiger charge is -2.13. The zero-order chi connectivity index (χ0) is 40.5. The molecule has 3 nitrogen and oxygen atoms in total. The second kappa shape index (κ2) is 15.6. The summed E-state index contributed by atoms with van der Waals surface area (Å²) in [6, 6.07) is 79.6. The van der Waals surface area contributed by atoms with Gasteiger partial charge in [-0.05, 0) is 96.1 Å². The molecule has 3 heteroatoms. The molecule has 0 saturated carbocycles.